The molecule has 0 heterocycles. The molecule has 1 rings (SSSR count). The average molecular weight is 293 g/mol. The summed E-state index contributed by atoms with van der Waals surface area (Å²) in [5.41, 5.74) is -0.175. The highest BCUT2D eigenvalue weighted by Crippen LogP contribution is 2.17. The van der Waals surface area contributed by atoms with Gasteiger partial charge in [-0.1, -0.05) is 19.4 Å². The molecule has 0 spiro atoms. The predicted molar refractivity (Wildman–Crippen MR) is 74.2 cm³/mol. The van der Waals surface area contributed by atoms with E-state index in [2.05, 4.69) is 10.6 Å². The summed E-state index contributed by atoms with van der Waals surface area (Å²) in [6.45, 7) is 2.01. The molecule has 0 radical (unpaired) electrons. The second-order valence-corrected chi connectivity index (χ2v) is 4.48. The molecule has 1 atom stereocenters. The molecule has 0 aliphatic carbocycles. The number of anilines is 1. The number of carbonyl (C=O) groups is 2. The average Bonchev–Trinajstić information content (AvgIpc) is 2.43. The molecule has 7 heteroatoms. The van der Waals surface area contributed by atoms with Crippen LogP contribution < -0.4 is 10.6 Å². The van der Waals surface area contributed by atoms with E-state index < -0.39 is 17.8 Å². The Kier molecular flexibility index (Phi) is 6.14. The van der Waals surface area contributed by atoms with E-state index in [1.807, 2.05) is 6.92 Å². The lowest BCUT2D eigenvalue weighted by Gasteiger charge is -2.14. The standard InChI is InChI=1S/C14H16FN3O3/c1-2-9(6-13(19)20)8-17-14(21)18-12-5-3-4-11(15)10(12)7-16/h3-5,9H,2,6,8H2,1H3,(H,19,20)(H2,17,18,21). The number of nitrogens with zero attached hydrogens (tertiary/aromatic N) is 1. The maximum atomic E-state index is 13.4. The van der Waals surface area contributed by atoms with Crippen LogP contribution in [0, 0.1) is 23.1 Å². The number of halogens is 1. The van der Waals surface area contributed by atoms with Crippen molar-refractivity contribution in [1.82, 2.24) is 5.32 Å². The third kappa shape index (κ3) is 5.10. The fourth-order valence-electron chi connectivity index (χ4n) is 1.75. The molecule has 21 heavy (non-hydrogen) atoms. The fourth-order valence-corrected chi connectivity index (χ4v) is 1.75. The third-order valence-electron chi connectivity index (χ3n) is 2.97. The number of aliphatic carboxylic acids is 1. The molecule has 2 amide bonds. The minimum absolute atomic E-state index is 0.0415. The molecular weight excluding hydrogens is 277 g/mol. The fraction of sp³-hybridized carbons (Fsp3) is 0.357. The number of urea groups is 1. The smallest absolute Gasteiger partial charge is 0.319 e. The number of carboxylic acids is 1. The van der Waals surface area contributed by atoms with Gasteiger partial charge in [0.1, 0.15) is 17.4 Å². The molecule has 1 aromatic rings. The Morgan fingerprint density at radius 3 is 2.76 bits per heavy atom. The molecule has 112 valence electrons. The molecule has 0 aromatic heterocycles. The van der Waals surface area contributed by atoms with Crippen molar-refractivity contribution in [1.29, 1.82) is 5.26 Å². The van der Waals surface area contributed by atoms with Gasteiger partial charge < -0.3 is 15.7 Å². The SMILES string of the molecule is CCC(CNC(=O)Nc1cccc(F)c1C#N)CC(=O)O. The summed E-state index contributed by atoms with van der Waals surface area (Å²) in [5.74, 6) is -1.83. The Morgan fingerprint density at radius 1 is 1.48 bits per heavy atom. The van der Waals surface area contributed by atoms with Gasteiger partial charge in [-0.3, -0.25) is 4.79 Å². The summed E-state index contributed by atoms with van der Waals surface area (Å²) in [6, 6.07) is 4.98. The molecule has 3 N–H and O–H groups in total. The van der Waals surface area contributed by atoms with Crippen LogP contribution >= 0.6 is 0 Å². The van der Waals surface area contributed by atoms with E-state index in [0.717, 1.165) is 6.07 Å². The summed E-state index contributed by atoms with van der Waals surface area (Å²) in [7, 11) is 0. The Labute approximate surface area is 121 Å². The van der Waals surface area contributed by atoms with Gasteiger partial charge >= 0.3 is 12.0 Å². The first-order valence-electron chi connectivity index (χ1n) is 6.43. The van der Waals surface area contributed by atoms with Crippen molar-refractivity contribution in [3.63, 3.8) is 0 Å². The van der Waals surface area contributed by atoms with Crippen LogP contribution in [0.5, 0.6) is 0 Å². The van der Waals surface area contributed by atoms with Gasteiger partial charge in [-0.15, -0.1) is 0 Å². The molecule has 1 aromatic carbocycles. The van der Waals surface area contributed by atoms with Crippen molar-refractivity contribution < 1.29 is 19.1 Å². The van der Waals surface area contributed by atoms with E-state index in [1.54, 1.807) is 6.07 Å². The monoisotopic (exact) mass is 293 g/mol. The van der Waals surface area contributed by atoms with Crippen LogP contribution in [0.15, 0.2) is 18.2 Å². The minimum atomic E-state index is -0.930. The maximum absolute atomic E-state index is 13.4. The van der Waals surface area contributed by atoms with E-state index in [1.165, 1.54) is 12.1 Å². The first kappa shape index (κ1) is 16.4. The second kappa shape index (κ2) is 7.85. The number of hydrogen-bond acceptors (Lipinski definition) is 3. The number of rotatable bonds is 6. The number of hydrogen-bond donors (Lipinski definition) is 3. The largest absolute Gasteiger partial charge is 0.481 e. The van der Waals surface area contributed by atoms with Crippen molar-refractivity contribution in [2.45, 2.75) is 19.8 Å². The molecule has 0 saturated carbocycles. The second-order valence-electron chi connectivity index (χ2n) is 4.48. The highest BCUT2D eigenvalue weighted by Gasteiger charge is 2.14. The van der Waals surface area contributed by atoms with E-state index in [0.29, 0.717) is 6.42 Å². The van der Waals surface area contributed by atoms with Gasteiger partial charge in [-0.05, 0) is 18.1 Å². The zero-order valence-electron chi connectivity index (χ0n) is 11.5. The van der Waals surface area contributed by atoms with Gasteiger partial charge in [-0.2, -0.15) is 5.26 Å². The van der Waals surface area contributed by atoms with Crippen LogP contribution in [0.1, 0.15) is 25.3 Å². The van der Waals surface area contributed by atoms with Gasteiger partial charge in [0, 0.05) is 13.0 Å². The topological polar surface area (TPSA) is 102 Å². The lowest BCUT2D eigenvalue weighted by Crippen LogP contribution is -2.33. The number of carbonyl (C=O) groups excluding carboxylic acids is 1. The minimum Gasteiger partial charge on any atom is -0.481 e. The molecule has 0 saturated heterocycles. The molecule has 0 aliphatic rings. The highest BCUT2D eigenvalue weighted by molar-refractivity contribution is 5.90. The van der Waals surface area contributed by atoms with Gasteiger partial charge in [0.25, 0.3) is 0 Å². The van der Waals surface area contributed by atoms with Crippen LogP contribution in [-0.4, -0.2) is 23.7 Å². The Morgan fingerprint density at radius 2 is 2.19 bits per heavy atom. The zero-order valence-corrected chi connectivity index (χ0v) is 11.5. The number of nitrogens with one attached hydrogen (secondary N) is 2. The van der Waals surface area contributed by atoms with Crippen molar-refractivity contribution in [3.8, 4) is 6.07 Å². The molecule has 6 nitrogen and oxygen atoms in total. The molecule has 1 unspecified atom stereocenters. The summed E-state index contributed by atoms with van der Waals surface area (Å²) in [4.78, 5) is 22.3. The van der Waals surface area contributed by atoms with E-state index in [4.69, 9.17) is 10.4 Å². The van der Waals surface area contributed by atoms with Crippen LogP contribution in [-0.2, 0) is 4.79 Å². The molecule has 0 bridgehead atoms. The Hall–Kier alpha value is -2.62. The number of carboxylic acid groups (broad SMARTS) is 1. The number of benzene rings is 1. The first-order valence-corrected chi connectivity index (χ1v) is 6.43. The van der Waals surface area contributed by atoms with Gasteiger partial charge in [0.2, 0.25) is 0 Å². The third-order valence-corrected chi connectivity index (χ3v) is 2.97. The summed E-state index contributed by atoms with van der Waals surface area (Å²) in [6.07, 6.45) is 0.566. The lowest BCUT2D eigenvalue weighted by molar-refractivity contribution is -0.138. The lowest BCUT2D eigenvalue weighted by atomic mass is 10.0. The van der Waals surface area contributed by atoms with E-state index in [9.17, 15) is 14.0 Å². The Bertz CT molecular complexity index is 569. The van der Waals surface area contributed by atoms with Crippen LogP contribution in [0.25, 0.3) is 0 Å². The van der Waals surface area contributed by atoms with Crippen LogP contribution in [0.3, 0.4) is 0 Å². The van der Waals surface area contributed by atoms with Gasteiger partial charge in [0.05, 0.1) is 5.69 Å². The summed E-state index contributed by atoms with van der Waals surface area (Å²) in [5, 5.41) is 22.4. The quantitative estimate of drug-likeness (QED) is 0.749. The number of amides is 2. The van der Waals surface area contributed by atoms with Crippen molar-refractivity contribution >= 4 is 17.7 Å². The van der Waals surface area contributed by atoms with E-state index >= 15 is 0 Å². The molecular formula is C14H16FN3O3. The highest BCUT2D eigenvalue weighted by atomic mass is 19.1. The summed E-state index contributed by atoms with van der Waals surface area (Å²) < 4.78 is 13.4. The maximum Gasteiger partial charge on any atom is 0.319 e. The van der Waals surface area contributed by atoms with Crippen molar-refractivity contribution in [2.75, 3.05) is 11.9 Å². The molecule has 0 fully saturated rings. The molecule has 0 aliphatic heterocycles. The summed E-state index contributed by atoms with van der Waals surface area (Å²) >= 11 is 0. The normalized spacial score (nSPS) is 11.3. The van der Waals surface area contributed by atoms with Crippen LogP contribution in [0.2, 0.25) is 0 Å². The van der Waals surface area contributed by atoms with Gasteiger partial charge in [0.15, 0.2) is 0 Å². The van der Waals surface area contributed by atoms with Crippen molar-refractivity contribution in [3.05, 3.63) is 29.6 Å². The van der Waals surface area contributed by atoms with Gasteiger partial charge in [-0.25, -0.2) is 9.18 Å². The van der Waals surface area contributed by atoms with Crippen molar-refractivity contribution in [2.24, 2.45) is 5.92 Å². The Balaban J connectivity index is 2.61. The zero-order chi connectivity index (χ0) is 15.8. The first-order chi connectivity index (χ1) is 9.97. The van der Waals surface area contributed by atoms with Crippen LogP contribution in [0.4, 0.5) is 14.9 Å². The van der Waals surface area contributed by atoms with E-state index in [-0.39, 0.29) is 30.1 Å². The predicted octanol–water partition coefficient (Wildman–Crippen LogP) is 2.32. The number of nitriles is 1.